The summed E-state index contributed by atoms with van der Waals surface area (Å²) in [6.07, 6.45) is 11.8. The molecule has 0 fully saturated rings. The third-order valence-corrected chi connectivity index (χ3v) is 4.43. The number of aromatic nitrogens is 4. The highest BCUT2D eigenvalue weighted by Crippen LogP contribution is 2.32. The first-order valence-corrected chi connectivity index (χ1v) is 8.26. The number of imidazole rings is 1. The first-order valence-electron chi connectivity index (χ1n) is 8.26. The summed E-state index contributed by atoms with van der Waals surface area (Å²) in [6, 6.07) is 8.53. The summed E-state index contributed by atoms with van der Waals surface area (Å²) in [7, 11) is 4.17. The van der Waals surface area contributed by atoms with Gasteiger partial charge in [-0.2, -0.15) is 0 Å². The van der Waals surface area contributed by atoms with Crippen LogP contribution in [-0.4, -0.2) is 44.7 Å². The lowest BCUT2D eigenvalue weighted by molar-refractivity contribution is 0.383. The predicted molar refractivity (Wildman–Crippen MR) is 98.5 cm³/mol. The van der Waals surface area contributed by atoms with Crippen molar-refractivity contribution < 1.29 is 0 Å². The van der Waals surface area contributed by atoms with Crippen molar-refractivity contribution in [1.82, 2.24) is 24.4 Å². The monoisotopic (exact) mass is 332 g/mol. The van der Waals surface area contributed by atoms with E-state index in [-0.39, 0.29) is 0 Å². The fraction of sp³-hybridized carbons (Fsp3) is 0.263. The molecule has 1 aliphatic rings. The molecule has 0 aliphatic carbocycles. The van der Waals surface area contributed by atoms with Crippen LogP contribution >= 0.6 is 0 Å². The second-order valence-electron chi connectivity index (χ2n) is 6.55. The van der Waals surface area contributed by atoms with Gasteiger partial charge in [0.2, 0.25) is 0 Å². The Hall–Kier alpha value is -2.86. The van der Waals surface area contributed by atoms with Crippen LogP contribution in [0.4, 0.5) is 0 Å². The van der Waals surface area contributed by atoms with E-state index in [0.717, 1.165) is 24.1 Å². The van der Waals surface area contributed by atoms with Crippen molar-refractivity contribution in [2.75, 3.05) is 14.1 Å². The second-order valence-corrected chi connectivity index (χ2v) is 6.55. The van der Waals surface area contributed by atoms with Crippen LogP contribution in [0.5, 0.6) is 0 Å². The van der Waals surface area contributed by atoms with Gasteiger partial charge >= 0.3 is 0 Å². The maximum atomic E-state index is 4.79. The van der Waals surface area contributed by atoms with Gasteiger partial charge in [0.1, 0.15) is 11.8 Å². The molecule has 3 heterocycles. The van der Waals surface area contributed by atoms with Gasteiger partial charge in [-0.1, -0.05) is 24.3 Å². The van der Waals surface area contributed by atoms with Gasteiger partial charge < -0.3 is 4.90 Å². The molecule has 0 bridgehead atoms. The summed E-state index contributed by atoms with van der Waals surface area (Å²) >= 11 is 0. The molecule has 2 aromatic heterocycles. The van der Waals surface area contributed by atoms with Gasteiger partial charge in [0.25, 0.3) is 0 Å². The number of allylic oxidation sites excluding steroid dienone is 1. The summed E-state index contributed by atoms with van der Waals surface area (Å²) in [5.74, 6) is 0. The number of fused-ring (bicyclic) bond motifs is 1. The third-order valence-electron chi connectivity index (χ3n) is 4.43. The topological polar surface area (TPSA) is 59.2 Å². The lowest BCUT2D eigenvalue weighted by Crippen LogP contribution is -2.31. The van der Waals surface area contributed by atoms with Crippen molar-refractivity contribution in [3.63, 3.8) is 0 Å². The van der Waals surface area contributed by atoms with Gasteiger partial charge in [-0.05, 0) is 37.4 Å². The van der Waals surface area contributed by atoms with Crippen LogP contribution < -0.4 is 0 Å². The molecule has 0 radical (unpaired) electrons. The Bertz CT molecular complexity index is 941. The second kappa shape index (κ2) is 6.22. The quantitative estimate of drug-likeness (QED) is 0.720. The minimum Gasteiger partial charge on any atom is -0.305 e. The van der Waals surface area contributed by atoms with Crippen molar-refractivity contribution in [1.29, 1.82) is 0 Å². The number of rotatable bonds is 5. The Morgan fingerprint density at radius 2 is 1.96 bits per heavy atom. The molecule has 1 unspecified atom stereocenters. The minimum absolute atomic E-state index is 0.536. The largest absolute Gasteiger partial charge is 0.305 e. The van der Waals surface area contributed by atoms with Crippen molar-refractivity contribution >= 4 is 17.4 Å². The van der Waals surface area contributed by atoms with Crippen LogP contribution in [0.25, 0.3) is 11.2 Å². The molecule has 25 heavy (non-hydrogen) atoms. The standard InChI is InChI=1S/C19H20N6/c1-24(2)12-16-7-4-3-6-15(16)10-19(8-5-9-23-19)25-14-22-17-11-20-13-21-18(17)25/h3-9,11,13-14H,10,12H2,1-2H3. The number of benzene rings is 1. The number of nitrogens with zero attached hydrogens (tertiary/aromatic N) is 6. The Morgan fingerprint density at radius 1 is 1.12 bits per heavy atom. The average Bonchev–Trinajstić information content (AvgIpc) is 3.24. The average molecular weight is 332 g/mol. The Morgan fingerprint density at radius 3 is 2.72 bits per heavy atom. The highest BCUT2D eigenvalue weighted by Gasteiger charge is 2.33. The SMILES string of the molecule is CN(C)Cc1ccccc1CC1(n2cnc3cncnc32)C=CC=N1. The highest BCUT2D eigenvalue weighted by atomic mass is 15.3. The first kappa shape index (κ1) is 15.7. The van der Waals surface area contributed by atoms with E-state index in [0.29, 0.717) is 0 Å². The lowest BCUT2D eigenvalue weighted by Gasteiger charge is -2.28. The van der Waals surface area contributed by atoms with Crippen LogP contribution in [-0.2, 0) is 18.6 Å². The number of aliphatic imine (C=N–C) groups is 1. The minimum atomic E-state index is -0.536. The van der Waals surface area contributed by atoms with Crippen LogP contribution in [0.15, 0.2) is 60.3 Å². The smallest absolute Gasteiger partial charge is 0.165 e. The Kier molecular flexibility index (Phi) is 3.89. The van der Waals surface area contributed by atoms with E-state index in [1.54, 1.807) is 18.9 Å². The summed E-state index contributed by atoms with van der Waals surface area (Å²) in [5.41, 5.74) is 3.62. The van der Waals surface area contributed by atoms with Gasteiger partial charge in [0.15, 0.2) is 11.3 Å². The first-order chi connectivity index (χ1) is 12.2. The van der Waals surface area contributed by atoms with E-state index in [1.807, 2.05) is 16.9 Å². The zero-order valence-electron chi connectivity index (χ0n) is 14.4. The maximum Gasteiger partial charge on any atom is 0.165 e. The summed E-state index contributed by atoms with van der Waals surface area (Å²) in [5, 5.41) is 0. The third kappa shape index (κ3) is 2.85. The molecule has 0 saturated carbocycles. The van der Waals surface area contributed by atoms with E-state index in [1.165, 1.54) is 11.1 Å². The molecule has 4 rings (SSSR count). The maximum absolute atomic E-state index is 4.79. The van der Waals surface area contributed by atoms with Crippen LogP contribution in [0.1, 0.15) is 11.1 Å². The molecule has 3 aromatic rings. The van der Waals surface area contributed by atoms with Gasteiger partial charge in [0.05, 0.1) is 12.5 Å². The summed E-state index contributed by atoms with van der Waals surface area (Å²) < 4.78 is 2.04. The molecule has 126 valence electrons. The van der Waals surface area contributed by atoms with Crippen molar-refractivity contribution in [3.05, 3.63) is 66.4 Å². The fourth-order valence-electron chi connectivity index (χ4n) is 3.30. The van der Waals surface area contributed by atoms with Gasteiger partial charge in [-0.3, -0.25) is 9.56 Å². The molecule has 6 heteroatoms. The number of hydrogen-bond acceptors (Lipinski definition) is 5. The van der Waals surface area contributed by atoms with E-state index < -0.39 is 5.66 Å². The molecule has 0 saturated heterocycles. The van der Waals surface area contributed by atoms with Crippen LogP contribution in [0.2, 0.25) is 0 Å². The molecule has 6 nitrogen and oxygen atoms in total. The zero-order chi connectivity index (χ0) is 17.3. The van der Waals surface area contributed by atoms with Crippen LogP contribution in [0, 0.1) is 0 Å². The van der Waals surface area contributed by atoms with E-state index in [2.05, 4.69) is 64.3 Å². The number of hydrogen-bond donors (Lipinski definition) is 0. The van der Waals surface area contributed by atoms with E-state index >= 15 is 0 Å². The normalized spacial score (nSPS) is 19.3. The van der Waals surface area contributed by atoms with Crippen molar-refractivity contribution in [2.45, 2.75) is 18.6 Å². The van der Waals surface area contributed by atoms with E-state index in [4.69, 9.17) is 4.99 Å². The fourth-order valence-corrected chi connectivity index (χ4v) is 3.30. The molecule has 1 aliphatic heterocycles. The van der Waals surface area contributed by atoms with Crippen molar-refractivity contribution in [3.8, 4) is 0 Å². The molecule has 0 N–H and O–H groups in total. The molecular formula is C19H20N6. The van der Waals surface area contributed by atoms with Crippen molar-refractivity contribution in [2.24, 2.45) is 4.99 Å². The predicted octanol–water partition coefficient (Wildman–Crippen LogP) is 2.42. The molecular weight excluding hydrogens is 312 g/mol. The van der Waals surface area contributed by atoms with E-state index in [9.17, 15) is 0 Å². The summed E-state index contributed by atoms with van der Waals surface area (Å²) in [6.45, 7) is 0.895. The van der Waals surface area contributed by atoms with Gasteiger partial charge in [-0.15, -0.1) is 0 Å². The molecule has 0 spiro atoms. The van der Waals surface area contributed by atoms with Crippen LogP contribution in [0.3, 0.4) is 0 Å². The van der Waals surface area contributed by atoms with Gasteiger partial charge in [-0.25, -0.2) is 15.0 Å². The summed E-state index contributed by atoms with van der Waals surface area (Å²) in [4.78, 5) is 19.9. The lowest BCUT2D eigenvalue weighted by atomic mass is 9.95. The van der Waals surface area contributed by atoms with Gasteiger partial charge in [0, 0.05) is 19.2 Å². The molecule has 1 aromatic carbocycles. The Labute approximate surface area is 146 Å². The Balaban J connectivity index is 1.79. The zero-order valence-corrected chi connectivity index (χ0v) is 14.4. The molecule has 0 amide bonds. The highest BCUT2D eigenvalue weighted by molar-refractivity contribution is 5.76. The molecule has 1 atom stereocenters.